The van der Waals surface area contributed by atoms with Gasteiger partial charge < -0.3 is 31.5 Å². The quantitative estimate of drug-likeness (QED) is 0.383. The van der Waals surface area contributed by atoms with Gasteiger partial charge >= 0.3 is 6.03 Å². The first-order chi connectivity index (χ1) is 16.1. The maximum absolute atomic E-state index is 13.8. The summed E-state index contributed by atoms with van der Waals surface area (Å²) in [6, 6.07) is -3.04. The van der Waals surface area contributed by atoms with E-state index in [1.165, 1.54) is 4.90 Å². The molecule has 0 aromatic carbocycles. The zero-order valence-electron chi connectivity index (χ0n) is 21.8. The molecule has 6 amide bonds. The molecule has 0 aromatic heterocycles. The van der Waals surface area contributed by atoms with Crippen molar-refractivity contribution in [3.05, 3.63) is 0 Å². The fraction of sp³-hybridized carbons (Fsp3) is 0.792. The molecule has 1 aliphatic carbocycles. The Morgan fingerprint density at radius 1 is 1.20 bits per heavy atom. The Morgan fingerprint density at radius 2 is 1.83 bits per heavy atom. The van der Waals surface area contributed by atoms with Crippen molar-refractivity contribution in [2.45, 2.75) is 65.6 Å². The SMILES string of the molecule is CN(C)C(=O)NC(C(=O)N1C[C@H]2[C@@H]([C@H]1C(=O)NC(CC1CCNC1=O)C(N)=O)C2(C)C)C(C)(C)C. The Morgan fingerprint density at radius 3 is 2.31 bits per heavy atom. The molecule has 3 fully saturated rings. The summed E-state index contributed by atoms with van der Waals surface area (Å²) in [5.41, 5.74) is 4.84. The number of rotatable bonds is 7. The van der Waals surface area contributed by atoms with Gasteiger partial charge in [0.1, 0.15) is 18.1 Å². The summed E-state index contributed by atoms with van der Waals surface area (Å²) in [5, 5.41) is 8.26. The lowest BCUT2D eigenvalue weighted by Crippen LogP contribution is -2.61. The number of amides is 6. The lowest BCUT2D eigenvalue weighted by Gasteiger charge is -2.38. The van der Waals surface area contributed by atoms with Crippen molar-refractivity contribution in [1.82, 2.24) is 25.8 Å². The first kappa shape index (κ1) is 26.7. The standard InChI is InChI=1S/C24H40N6O5/c1-23(2,3)17(28-22(35)29(6)7)21(34)30-11-13-15(24(13,4)5)16(30)20(33)27-14(18(25)31)10-12-8-9-26-19(12)32/h12-17H,8-11H2,1-7H3,(H2,25,31)(H,26,32)(H,27,33)(H,28,35)/t12?,13-,14?,15-,16-,17?/m0/s1. The minimum absolute atomic E-state index is 0.0695. The van der Waals surface area contributed by atoms with E-state index in [1.807, 2.05) is 20.8 Å². The first-order valence-electron chi connectivity index (χ1n) is 12.2. The summed E-state index contributed by atoms with van der Waals surface area (Å²) in [7, 11) is 3.19. The first-order valence-corrected chi connectivity index (χ1v) is 12.2. The molecule has 196 valence electrons. The Kier molecular flexibility index (Phi) is 7.12. The normalized spacial score (nSPS) is 28.4. The number of hydrogen-bond donors (Lipinski definition) is 4. The van der Waals surface area contributed by atoms with Gasteiger partial charge in [0.05, 0.1) is 0 Å². The zero-order valence-corrected chi connectivity index (χ0v) is 21.8. The number of likely N-dealkylation sites (tertiary alicyclic amines) is 1. The number of piperidine rings is 1. The van der Waals surface area contributed by atoms with Crippen LogP contribution in [0.5, 0.6) is 0 Å². The molecule has 0 radical (unpaired) electrons. The topological polar surface area (TPSA) is 154 Å². The highest BCUT2D eigenvalue weighted by Gasteiger charge is 2.69. The minimum Gasteiger partial charge on any atom is -0.368 e. The van der Waals surface area contributed by atoms with E-state index in [2.05, 4.69) is 29.8 Å². The van der Waals surface area contributed by atoms with Gasteiger partial charge in [0.15, 0.2) is 0 Å². The van der Waals surface area contributed by atoms with Gasteiger partial charge in [0.25, 0.3) is 0 Å². The molecule has 3 aliphatic rings. The van der Waals surface area contributed by atoms with E-state index in [0.717, 1.165) is 0 Å². The van der Waals surface area contributed by atoms with Crippen molar-refractivity contribution in [3.8, 4) is 0 Å². The summed E-state index contributed by atoms with van der Waals surface area (Å²) < 4.78 is 0. The highest BCUT2D eigenvalue weighted by atomic mass is 16.2. The van der Waals surface area contributed by atoms with Gasteiger partial charge in [-0.05, 0) is 35.5 Å². The molecular formula is C24H40N6O5. The fourth-order valence-corrected chi connectivity index (χ4v) is 5.54. The van der Waals surface area contributed by atoms with E-state index in [1.54, 1.807) is 19.0 Å². The maximum atomic E-state index is 13.8. The lowest BCUT2D eigenvalue weighted by molar-refractivity contribution is -0.144. The molecule has 35 heavy (non-hydrogen) atoms. The van der Waals surface area contributed by atoms with Crippen LogP contribution in [0.2, 0.25) is 0 Å². The predicted octanol–water partition coefficient (Wildman–Crippen LogP) is -0.348. The van der Waals surface area contributed by atoms with Crippen molar-refractivity contribution < 1.29 is 24.0 Å². The number of nitrogens with one attached hydrogen (secondary N) is 3. The van der Waals surface area contributed by atoms with Crippen LogP contribution in [-0.2, 0) is 19.2 Å². The third-order valence-electron chi connectivity index (χ3n) is 7.89. The molecule has 2 aliphatic heterocycles. The molecule has 5 N–H and O–H groups in total. The number of hydrogen-bond acceptors (Lipinski definition) is 5. The van der Waals surface area contributed by atoms with Crippen molar-refractivity contribution >= 4 is 29.7 Å². The molecule has 3 unspecified atom stereocenters. The summed E-state index contributed by atoms with van der Waals surface area (Å²) >= 11 is 0. The molecule has 0 spiro atoms. The monoisotopic (exact) mass is 492 g/mol. The average molecular weight is 493 g/mol. The molecule has 0 bridgehead atoms. The second-order valence-electron chi connectivity index (χ2n) is 12.0. The van der Waals surface area contributed by atoms with Crippen LogP contribution in [-0.4, -0.2) is 84.8 Å². The van der Waals surface area contributed by atoms with E-state index in [0.29, 0.717) is 19.5 Å². The molecule has 2 heterocycles. The second kappa shape index (κ2) is 9.31. The van der Waals surface area contributed by atoms with Gasteiger partial charge in [-0.1, -0.05) is 34.6 Å². The van der Waals surface area contributed by atoms with Crippen LogP contribution in [0, 0.1) is 28.6 Å². The smallest absolute Gasteiger partial charge is 0.317 e. The Hall–Kier alpha value is -2.85. The minimum atomic E-state index is -1.01. The molecule has 2 saturated heterocycles. The summed E-state index contributed by atoms with van der Waals surface area (Å²) in [5.74, 6) is -1.99. The van der Waals surface area contributed by atoms with Crippen LogP contribution in [0.1, 0.15) is 47.5 Å². The van der Waals surface area contributed by atoms with Crippen LogP contribution in [0.15, 0.2) is 0 Å². The highest BCUT2D eigenvalue weighted by molar-refractivity contribution is 5.95. The highest BCUT2D eigenvalue weighted by Crippen LogP contribution is 2.65. The number of nitrogens with two attached hydrogens (primary N) is 1. The molecule has 11 nitrogen and oxygen atoms in total. The molecular weight excluding hydrogens is 452 g/mol. The van der Waals surface area contributed by atoms with Crippen molar-refractivity contribution in [2.24, 2.45) is 34.3 Å². The van der Waals surface area contributed by atoms with Crippen LogP contribution < -0.4 is 21.7 Å². The molecule has 1 saturated carbocycles. The van der Waals surface area contributed by atoms with E-state index in [4.69, 9.17) is 5.73 Å². The van der Waals surface area contributed by atoms with E-state index in [9.17, 15) is 24.0 Å². The van der Waals surface area contributed by atoms with Gasteiger partial charge in [-0.25, -0.2) is 4.79 Å². The third-order valence-corrected chi connectivity index (χ3v) is 7.89. The Balaban J connectivity index is 1.82. The number of primary amides is 1. The summed E-state index contributed by atoms with van der Waals surface area (Å²) in [6.45, 7) is 10.6. The van der Waals surface area contributed by atoms with Gasteiger partial charge in [-0.15, -0.1) is 0 Å². The largest absolute Gasteiger partial charge is 0.368 e. The fourth-order valence-electron chi connectivity index (χ4n) is 5.54. The van der Waals surface area contributed by atoms with Gasteiger partial charge in [-0.2, -0.15) is 0 Å². The summed E-state index contributed by atoms with van der Waals surface area (Å²) in [4.78, 5) is 66.8. The number of nitrogens with zero attached hydrogens (tertiary/aromatic N) is 2. The van der Waals surface area contributed by atoms with Crippen LogP contribution in [0.25, 0.3) is 0 Å². The maximum Gasteiger partial charge on any atom is 0.317 e. The summed E-state index contributed by atoms with van der Waals surface area (Å²) in [6.07, 6.45) is 0.692. The van der Waals surface area contributed by atoms with Crippen molar-refractivity contribution in [1.29, 1.82) is 0 Å². The van der Waals surface area contributed by atoms with Crippen LogP contribution in [0.4, 0.5) is 4.79 Å². The van der Waals surface area contributed by atoms with Gasteiger partial charge in [-0.3, -0.25) is 19.2 Å². The molecule has 6 atom stereocenters. The van der Waals surface area contributed by atoms with E-state index >= 15 is 0 Å². The predicted molar refractivity (Wildman–Crippen MR) is 129 cm³/mol. The van der Waals surface area contributed by atoms with Gasteiger partial charge in [0, 0.05) is 33.1 Å². The van der Waals surface area contributed by atoms with Crippen LogP contribution >= 0.6 is 0 Å². The zero-order chi connectivity index (χ0) is 26.5. The Labute approximate surface area is 206 Å². The number of urea groups is 1. The second-order valence-corrected chi connectivity index (χ2v) is 12.0. The average Bonchev–Trinajstić information content (AvgIpc) is 3.10. The molecule has 11 heteroatoms. The molecule has 3 rings (SSSR count). The number of fused-ring (bicyclic) bond motifs is 1. The Bertz CT molecular complexity index is 911. The molecule has 0 aromatic rings. The lowest BCUT2D eigenvalue weighted by atomic mass is 9.85. The van der Waals surface area contributed by atoms with E-state index < -0.39 is 47.3 Å². The van der Waals surface area contributed by atoms with Crippen molar-refractivity contribution in [2.75, 3.05) is 27.2 Å². The third kappa shape index (κ3) is 5.23. The number of carbonyl (C=O) groups is 5. The van der Waals surface area contributed by atoms with Crippen molar-refractivity contribution in [3.63, 3.8) is 0 Å². The van der Waals surface area contributed by atoms with E-state index in [-0.39, 0.29) is 35.5 Å². The number of carbonyl (C=O) groups excluding carboxylic acids is 5. The van der Waals surface area contributed by atoms with Crippen LogP contribution in [0.3, 0.4) is 0 Å². The van der Waals surface area contributed by atoms with Gasteiger partial charge in [0.2, 0.25) is 23.6 Å².